The molecular weight excluding hydrogens is 276 g/mol. The average molecular weight is 304 g/mol. The molecular formula is C14H28N2O5. The highest BCUT2D eigenvalue weighted by Crippen LogP contribution is 1.98. The zero-order chi connectivity index (χ0) is 15.9. The van der Waals surface area contributed by atoms with Crippen LogP contribution in [0.4, 0.5) is 0 Å². The predicted octanol–water partition coefficient (Wildman–Crippen LogP) is -0.275. The van der Waals surface area contributed by atoms with Gasteiger partial charge in [0, 0.05) is 13.0 Å². The van der Waals surface area contributed by atoms with E-state index < -0.39 is 6.04 Å². The van der Waals surface area contributed by atoms with Crippen LogP contribution in [0.3, 0.4) is 0 Å². The van der Waals surface area contributed by atoms with Crippen molar-refractivity contribution < 1.29 is 23.8 Å². The summed E-state index contributed by atoms with van der Waals surface area (Å²) in [4.78, 5) is 22.3. The first-order valence-corrected chi connectivity index (χ1v) is 7.29. The zero-order valence-electron chi connectivity index (χ0n) is 13.0. The molecule has 3 N–H and O–H groups in total. The molecule has 7 nitrogen and oxygen atoms in total. The van der Waals surface area contributed by atoms with Gasteiger partial charge in [0.25, 0.3) is 0 Å². The van der Waals surface area contributed by atoms with Crippen molar-refractivity contribution >= 4 is 12.2 Å². The zero-order valence-corrected chi connectivity index (χ0v) is 13.0. The molecule has 124 valence electrons. The van der Waals surface area contributed by atoms with Gasteiger partial charge in [-0.2, -0.15) is 0 Å². The quantitative estimate of drug-likeness (QED) is 0.338. The number of nitrogens with two attached hydrogens (primary N) is 1. The third-order valence-corrected chi connectivity index (χ3v) is 2.67. The number of ether oxygens (including phenoxy) is 3. The summed E-state index contributed by atoms with van der Waals surface area (Å²) < 4.78 is 15.7. The summed E-state index contributed by atoms with van der Waals surface area (Å²) in [7, 11) is 0. The normalized spacial score (nSPS) is 12.4. The summed E-state index contributed by atoms with van der Waals surface area (Å²) in [5.41, 5.74) is 5.27. The molecule has 0 spiro atoms. The van der Waals surface area contributed by atoms with E-state index in [4.69, 9.17) is 19.9 Å². The van der Waals surface area contributed by atoms with E-state index in [1.54, 1.807) is 0 Å². The monoisotopic (exact) mass is 304 g/mol. The number of carbonyl (C=O) groups excluding carboxylic acids is 2. The molecule has 7 heteroatoms. The Hall–Kier alpha value is -1.02. The molecule has 1 atom stereocenters. The minimum absolute atomic E-state index is 0.0854. The Morgan fingerprint density at radius 3 is 2.05 bits per heavy atom. The van der Waals surface area contributed by atoms with Gasteiger partial charge in [-0.1, -0.05) is 13.8 Å². The van der Waals surface area contributed by atoms with Gasteiger partial charge in [0.05, 0.1) is 45.7 Å². The van der Waals surface area contributed by atoms with Gasteiger partial charge in [0.2, 0.25) is 5.91 Å². The SMILES string of the molecule is CC(C)C(C=O)NC(=O)CCOCCOCCOCCN. The fourth-order valence-corrected chi connectivity index (χ4v) is 1.41. The molecule has 0 aliphatic heterocycles. The Bertz CT molecular complexity index is 274. The highest BCUT2D eigenvalue weighted by atomic mass is 16.5. The standard InChI is InChI=1S/C14H28N2O5/c1-12(2)13(11-17)16-14(18)3-5-19-7-9-21-10-8-20-6-4-15/h11-13H,3-10,15H2,1-2H3,(H,16,18). The van der Waals surface area contributed by atoms with Crippen LogP contribution in [0.15, 0.2) is 0 Å². The molecule has 0 saturated heterocycles. The van der Waals surface area contributed by atoms with Crippen molar-refractivity contribution in [2.45, 2.75) is 26.3 Å². The summed E-state index contributed by atoms with van der Waals surface area (Å²) in [6, 6.07) is -0.436. The molecule has 0 rings (SSSR count). The van der Waals surface area contributed by atoms with Crippen LogP contribution >= 0.6 is 0 Å². The van der Waals surface area contributed by atoms with Gasteiger partial charge in [-0.25, -0.2) is 0 Å². The van der Waals surface area contributed by atoms with Gasteiger partial charge in [-0.05, 0) is 5.92 Å². The Labute approximate surface area is 126 Å². The largest absolute Gasteiger partial charge is 0.379 e. The molecule has 0 aliphatic rings. The average Bonchev–Trinajstić information content (AvgIpc) is 2.46. The van der Waals surface area contributed by atoms with Crippen molar-refractivity contribution in [2.75, 3.05) is 46.2 Å². The topological polar surface area (TPSA) is 99.9 Å². The van der Waals surface area contributed by atoms with Crippen LogP contribution in [-0.2, 0) is 23.8 Å². The van der Waals surface area contributed by atoms with E-state index in [9.17, 15) is 9.59 Å². The molecule has 1 amide bonds. The van der Waals surface area contributed by atoms with Crippen LogP contribution < -0.4 is 11.1 Å². The molecule has 1 unspecified atom stereocenters. The second-order valence-corrected chi connectivity index (χ2v) is 4.85. The molecule has 0 aromatic carbocycles. The number of carbonyl (C=O) groups is 2. The minimum atomic E-state index is -0.436. The molecule has 0 heterocycles. The Kier molecular flexibility index (Phi) is 13.3. The van der Waals surface area contributed by atoms with Crippen molar-refractivity contribution in [1.82, 2.24) is 5.32 Å². The number of nitrogens with one attached hydrogen (secondary N) is 1. The summed E-state index contributed by atoms with van der Waals surface area (Å²) >= 11 is 0. The van der Waals surface area contributed by atoms with E-state index in [1.165, 1.54) is 0 Å². The fourth-order valence-electron chi connectivity index (χ4n) is 1.41. The van der Waals surface area contributed by atoms with Crippen molar-refractivity contribution in [3.63, 3.8) is 0 Å². The van der Waals surface area contributed by atoms with Crippen LogP contribution in [0, 0.1) is 5.92 Å². The lowest BCUT2D eigenvalue weighted by molar-refractivity contribution is -0.125. The number of amides is 1. The van der Waals surface area contributed by atoms with E-state index >= 15 is 0 Å². The van der Waals surface area contributed by atoms with Gasteiger partial charge >= 0.3 is 0 Å². The van der Waals surface area contributed by atoms with Crippen LogP contribution in [-0.4, -0.2) is 64.4 Å². The lowest BCUT2D eigenvalue weighted by Gasteiger charge is -2.16. The summed E-state index contributed by atoms with van der Waals surface area (Å²) in [6.45, 7) is 7.00. The summed E-state index contributed by atoms with van der Waals surface area (Å²) in [5, 5.41) is 2.65. The highest BCUT2D eigenvalue weighted by molar-refractivity contribution is 5.79. The Morgan fingerprint density at radius 1 is 1.05 bits per heavy atom. The molecule has 0 fully saturated rings. The first-order chi connectivity index (χ1) is 10.1. The molecule has 0 aliphatic carbocycles. The predicted molar refractivity (Wildman–Crippen MR) is 79.0 cm³/mol. The maximum absolute atomic E-state index is 11.5. The smallest absolute Gasteiger partial charge is 0.222 e. The molecule has 0 aromatic heterocycles. The first-order valence-electron chi connectivity index (χ1n) is 7.29. The van der Waals surface area contributed by atoms with Crippen LogP contribution in [0.5, 0.6) is 0 Å². The van der Waals surface area contributed by atoms with E-state index in [2.05, 4.69) is 5.32 Å². The lowest BCUT2D eigenvalue weighted by atomic mass is 10.1. The number of rotatable bonds is 14. The van der Waals surface area contributed by atoms with Crippen LogP contribution in [0.2, 0.25) is 0 Å². The summed E-state index contributed by atoms with van der Waals surface area (Å²) in [5.74, 6) is -0.0980. The van der Waals surface area contributed by atoms with Crippen molar-refractivity contribution in [1.29, 1.82) is 0 Å². The Balaban J connectivity index is 3.38. The van der Waals surface area contributed by atoms with E-state index in [1.807, 2.05) is 13.8 Å². The van der Waals surface area contributed by atoms with Crippen molar-refractivity contribution in [3.05, 3.63) is 0 Å². The highest BCUT2D eigenvalue weighted by Gasteiger charge is 2.14. The second kappa shape index (κ2) is 13.9. The van der Waals surface area contributed by atoms with E-state index in [0.29, 0.717) is 46.2 Å². The molecule has 0 saturated carbocycles. The molecule has 0 bridgehead atoms. The maximum atomic E-state index is 11.5. The van der Waals surface area contributed by atoms with Crippen molar-refractivity contribution in [2.24, 2.45) is 11.7 Å². The molecule has 0 aromatic rings. The van der Waals surface area contributed by atoms with E-state index in [-0.39, 0.29) is 18.2 Å². The number of hydrogen-bond acceptors (Lipinski definition) is 6. The maximum Gasteiger partial charge on any atom is 0.222 e. The van der Waals surface area contributed by atoms with Gasteiger partial charge in [0.1, 0.15) is 6.29 Å². The molecule has 21 heavy (non-hydrogen) atoms. The fraction of sp³-hybridized carbons (Fsp3) is 0.857. The van der Waals surface area contributed by atoms with Gasteiger partial charge in [0.15, 0.2) is 0 Å². The summed E-state index contributed by atoms with van der Waals surface area (Å²) in [6.07, 6.45) is 0.987. The first kappa shape index (κ1) is 20.0. The van der Waals surface area contributed by atoms with Gasteiger partial charge in [-0.15, -0.1) is 0 Å². The van der Waals surface area contributed by atoms with Crippen molar-refractivity contribution in [3.8, 4) is 0 Å². The van der Waals surface area contributed by atoms with Gasteiger partial charge in [-0.3, -0.25) is 4.79 Å². The number of hydrogen-bond donors (Lipinski definition) is 2. The third kappa shape index (κ3) is 12.4. The van der Waals surface area contributed by atoms with Crippen LogP contribution in [0.1, 0.15) is 20.3 Å². The second-order valence-electron chi connectivity index (χ2n) is 4.85. The minimum Gasteiger partial charge on any atom is -0.379 e. The lowest BCUT2D eigenvalue weighted by Crippen LogP contribution is -2.40. The van der Waals surface area contributed by atoms with Crippen LogP contribution in [0.25, 0.3) is 0 Å². The third-order valence-electron chi connectivity index (χ3n) is 2.67. The Morgan fingerprint density at radius 2 is 1.57 bits per heavy atom. The number of aldehydes is 1. The van der Waals surface area contributed by atoms with E-state index in [0.717, 1.165) is 6.29 Å². The van der Waals surface area contributed by atoms with Gasteiger partial charge < -0.3 is 30.1 Å². The molecule has 0 radical (unpaired) electrons.